The van der Waals surface area contributed by atoms with Crippen molar-refractivity contribution in [3.63, 3.8) is 0 Å². The van der Waals surface area contributed by atoms with Crippen LogP contribution in [0.25, 0.3) is 0 Å². The number of nitrogens with zero attached hydrogens (tertiary/aromatic N) is 1. The minimum atomic E-state index is 0.279. The molecule has 4 heteroatoms. The highest BCUT2D eigenvalue weighted by Gasteiger charge is 1.92. The van der Waals surface area contributed by atoms with Crippen LogP contribution in [0.1, 0.15) is 0 Å². The topological polar surface area (TPSA) is 33.6 Å². The lowest BCUT2D eigenvalue weighted by molar-refractivity contribution is 0.589. The van der Waals surface area contributed by atoms with Crippen LogP contribution in [0.3, 0.4) is 0 Å². The lowest BCUT2D eigenvalue weighted by Gasteiger charge is -1.95. The molecule has 0 amide bonds. The maximum absolute atomic E-state index is 4.99. The summed E-state index contributed by atoms with van der Waals surface area (Å²) in [6.07, 6.45) is 6.79. The van der Waals surface area contributed by atoms with Crippen molar-refractivity contribution in [1.29, 1.82) is 0 Å². The second-order valence-corrected chi connectivity index (χ2v) is 1.51. The standard InChI is InChI=1S/C5H5ClN2O/c6-9-5-7-3-1-2-4-8-5/h1-4H,(H,7,8). The molecule has 0 atom stereocenters. The number of nitrogens with one attached hydrogen (secondary N) is 1. The van der Waals surface area contributed by atoms with E-state index in [0.29, 0.717) is 0 Å². The lowest BCUT2D eigenvalue weighted by Crippen LogP contribution is -2.15. The lowest BCUT2D eigenvalue weighted by atomic mass is 10.6. The van der Waals surface area contributed by atoms with Gasteiger partial charge in [0.2, 0.25) is 0 Å². The fraction of sp³-hybridized carbons (Fsp3) is 0. The monoisotopic (exact) mass is 144 g/mol. The fourth-order valence-electron chi connectivity index (χ4n) is 0.415. The van der Waals surface area contributed by atoms with Crippen molar-refractivity contribution in [1.82, 2.24) is 5.32 Å². The van der Waals surface area contributed by atoms with E-state index in [9.17, 15) is 0 Å². The molecule has 1 aliphatic rings. The van der Waals surface area contributed by atoms with Gasteiger partial charge in [-0.15, -0.1) is 0 Å². The molecular formula is C5H5ClN2O. The van der Waals surface area contributed by atoms with Crippen LogP contribution in [0, 0.1) is 0 Å². The maximum atomic E-state index is 4.99. The van der Waals surface area contributed by atoms with E-state index < -0.39 is 0 Å². The van der Waals surface area contributed by atoms with Crippen LogP contribution in [-0.2, 0) is 4.29 Å². The molecule has 0 aromatic rings. The van der Waals surface area contributed by atoms with Gasteiger partial charge in [-0.1, -0.05) is 0 Å². The molecule has 0 bridgehead atoms. The van der Waals surface area contributed by atoms with Gasteiger partial charge in [-0.2, -0.15) is 0 Å². The number of allylic oxidation sites excluding steroid dienone is 2. The normalized spacial score (nSPS) is 15.9. The van der Waals surface area contributed by atoms with Crippen LogP contribution < -0.4 is 5.32 Å². The van der Waals surface area contributed by atoms with E-state index in [4.69, 9.17) is 11.9 Å². The van der Waals surface area contributed by atoms with Crippen LogP contribution in [0.15, 0.2) is 29.5 Å². The highest BCUT2D eigenvalue weighted by atomic mass is 35.5. The quantitative estimate of drug-likeness (QED) is 0.553. The van der Waals surface area contributed by atoms with Crippen molar-refractivity contribution in [2.45, 2.75) is 0 Å². The molecule has 0 aromatic carbocycles. The minimum absolute atomic E-state index is 0.279. The Kier molecular flexibility index (Phi) is 2.15. The molecule has 0 spiro atoms. The second-order valence-electron chi connectivity index (χ2n) is 1.36. The van der Waals surface area contributed by atoms with Crippen LogP contribution in [-0.4, -0.2) is 6.02 Å². The molecule has 1 aliphatic heterocycles. The van der Waals surface area contributed by atoms with E-state index in [0.717, 1.165) is 0 Å². The average molecular weight is 145 g/mol. The number of rotatable bonds is 0. The van der Waals surface area contributed by atoms with E-state index in [1.54, 1.807) is 24.6 Å². The van der Waals surface area contributed by atoms with E-state index in [1.165, 1.54) is 0 Å². The van der Waals surface area contributed by atoms with Crippen LogP contribution in [0.5, 0.6) is 0 Å². The van der Waals surface area contributed by atoms with Crippen molar-refractivity contribution >= 4 is 17.9 Å². The molecule has 0 aromatic heterocycles. The van der Waals surface area contributed by atoms with Crippen molar-refractivity contribution in [2.75, 3.05) is 0 Å². The molecule has 9 heavy (non-hydrogen) atoms. The molecule has 0 unspecified atom stereocenters. The smallest absolute Gasteiger partial charge is 0.313 e. The number of halogens is 1. The molecule has 0 saturated carbocycles. The first-order chi connectivity index (χ1) is 4.43. The number of hydrogen-bond donors (Lipinski definition) is 1. The first kappa shape index (κ1) is 6.16. The second kappa shape index (κ2) is 3.14. The molecule has 0 radical (unpaired) electrons. The number of aliphatic imine (C=N–C) groups is 1. The SMILES string of the molecule is ClOC1=NC=CC=CN1. The van der Waals surface area contributed by atoms with Crippen molar-refractivity contribution < 1.29 is 4.29 Å². The van der Waals surface area contributed by atoms with Crippen LogP contribution >= 0.6 is 11.9 Å². The molecule has 0 aliphatic carbocycles. The Labute approximate surface area is 57.8 Å². The third-order valence-electron chi connectivity index (χ3n) is 0.765. The van der Waals surface area contributed by atoms with Crippen LogP contribution in [0.4, 0.5) is 0 Å². The fourth-order valence-corrected chi connectivity index (χ4v) is 0.499. The number of hydrogen-bond acceptors (Lipinski definition) is 3. The molecule has 1 rings (SSSR count). The van der Waals surface area contributed by atoms with Gasteiger partial charge in [-0.05, 0) is 12.2 Å². The molecule has 1 heterocycles. The van der Waals surface area contributed by atoms with E-state index in [2.05, 4.69) is 14.6 Å². The predicted octanol–water partition coefficient (Wildman–Crippen LogP) is 1.14. The summed E-state index contributed by atoms with van der Waals surface area (Å²) >= 11 is 4.99. The average Bonchev–Trinajstić information content (AvgIpc) is 2.13. The molecule has 0 saturated heterocycles. The Balaban J connectivity index is 2.62. The molecule has 1 N–H and O–H groups in total. The van der Waals surface area contributed by atoms with Gasteiger partial charge in [0.1, 0.15) is 11.9 Å². The van der Waals surface area contributed by atoms with E-state index in [-0.39, 0.29) is 6.02 Å². The molecular weight excluding hydrogens is 140 g/mol. The summed E-state index contributed by atoms with van der Waals surface area (Å²) in [5.41, 5.74) is 0. The Morgan fingerprint density at radius 2 is 2.44 bits per heavy atom. The third kappa shape index (κ3) is 1.77. The summed E-state index contributed by atoms with van der Waals surface area (Å²) in [4.78, 5) is 3.75. The highest BCUT2D eigenvalue weighted by Crippen LogP contribution is 1.89. The van der Waals surface area contributed by atoms with Gasteiger partial charge in [-0.3, -0.25) is 0 Å². The first-order valence-corrected chi connectivity index (χ1v) is 2.69. The largest absolute Gasteiger partial charge is 0.347 e. The van der Waals surface area contributed by atoms with Gasteiger partial charge in [0.15, 0.2) is 0 Å². The minimum Gasteiger partial charge on any atom is -0.347 e. The number of amidine groups is 1. The summed E-state index contributed by atoms with van der Waals surface area (Å²) in [5, 5.41) is 2.68. The summed E-state index contributed by atoms with van der Waals surface area (Å²) in [6, 6.07) is 0.279. The summed E-state index contributed by atoms with van der Waals surface area (Å²) in [6.45, 7) is 0. The van der Waals surface area contributed by atoms with Gasteiger partial charge in [0.05, 0.1) is 0 Å². The zero-order chi connectivity index (χ0) is 6.53. The third-order valence-corrected chi connectivity index (χ3v) is 0.911. The molecule has 0 fully saturated rings. The Morgan fingerprint density at radius 1 is 1.56 bits per heavy atom. The zero-order valence-corrected chi connectivity index (χ0v) is 5.30. The van der Waals surface area contributed by atoms with Gasteiger partial charge < -0.3 is 9.61 Å². The van der Waals surface area contributed by atoms with Gasteiger partial charge in [0, 0.05) is 12.4 Å². The van der Waals surface area contributed by atoms with Gasteiger partial charge in [-0.25, -0.2) is 4.99 Å². The van der Waals surface area contributed by atoms with Crippen LogP contribution in [0.2, 0.25) is 0 Å². The predicted molar refractivity (Wildman–Crippen MR) is 35.8 cm³/mol. The Morgan fingerprint density at radius 3 is 3.22 bits per heavy atom. The summed E-state index contributed by atoms with van der Waals surface area (Å²) in [7, 11) is 0. The highest BCUT2D eigenvalue weighted by molar-refractivity contribution is 6.13. The Hall–Kier alpha value is -0.960. The summed E-state index contributed by atoms with van der Waals surface area (Å²) < 4.78 is 4.28. The van der Waals surface area contributed by atoms with Crippen molar-refractivity contribution in [3.05, 3.63) is 24.6 Å². The van der Waals surface area contributed by atoms with E-state index >= 15 is 0 Å². The Bertz CT molecular complexity index is 174. The molecule has 48 valence electrons. The summed E-state index contributed by atoms with van der Waals surface area (Å²) in [5.74, 6) is 0. The van der Waals surface area contributed by atoms with Gasteiger partial charge >= 0.3 is 6.02 Å². The molecule has 3 nitrogen and oxygen atoms in total. The van der Waals surface area contributed by atoms with Crippen molar-refractivity contribution in [2.24, 2.45) is 4.99 Å². The van der Waals surface area contributed by atoms with Crippen molar-refractivity contribution in [3.8, 4) is 0 Å². The zero-order valence-electron chi connectivity index (χ0n) is 4.54. The maximum Gasteiger partial charge on any atom is 0.313 e. The first-order valence-electron chi connectivity index (χ1n) is 2.38. The van der Waals surface area contributed by atoms with E-state index in [1.807, 2.05) is 0 Å². The van der Waals surface area contributed by atoms with Gasteiger partial charge in [0.25, 0.3) is 0 Å².